The number of hydrogen-bond acceptors (Lipinski definition) is 5. The molecule has 23 heavy (non-hydrogen) atoms. The van der Waals surface area contributed by atoms with Gasteiger partial charge in [0.15, 0.2) is 0 Å². The molecule has 0 N–H and O–H groups in total. The number of nitrogens with zero attached hydrogens (tertiary/aromatic N) is 4. The Bertz CT molecular complexity index is 803. The summed E-state index contributed by atoms with van der Waals surface area (Å²) in [5.41, 5.74) is 0.963. The molecule has 0 saturated carbocycles. The second-order valence-corrected chi connectivity index (χ2v) is 7.98. The van der Waals surface area contributed by atoms with Gasteiger partial charge in [0, 0.05) is 30.3 Å². The van der Waals surface area contributed by atoms with Crippen LogP contribution in [0, 0.1) is 13.8 Å². The van der Waals surface area contributed by atoms with Crippen LogP contribution in [0.3, 0.4) is 0 Å². The second kappa shape index (κ2) is 5.65. The highest BCUT2D eigenvalue weighted by molar-refractivity contribution is 7.89. The molecule has 0 aliphatic carbocycles. The molecule has 0 radical (unpaired) electrons. The topological polar surface area (TPSA) is 76.1 Å². The van der Waals surface area contributed by atoms with Gasteiger partial charge in [-0.05, 0) is 51.8 Å². The van der Waals surface area contributed by atoms with Gasteiger partial charge in [0.25, 0.3) is 0 Å². The highest BCUT2D eigenvalue weighted by atomic mass is 32.2. The van der Waals surface area contributed by atoms with Crippen molar-refractivity contribution >= 4 is 10.0 Å². The van der Waals surface area contributed by atoms with Gasteiger partial charge in [-0.2, -0.15) is 4.31 Å². The molecular formula is C16H20N4O2S. The molecule has 0 spiro atoms. The normalized spacial score (nSPS) is 22.4. The molecule has 3 rings (SSSR count). The maximum atomic E-state index is 13.0. The van der Waals surface area contributed by atoms with Crippen LogP contribution in [-0.2, 0) is 15.6 Å². The van der Waals surface area contributed by atoms with E-state index in [2.05, 4.69) is 15.0 Å². The van der Waals surface area contributed by atoms with Crippen molar-refractivity contribution in [2.24, 2.45) is 0 Å². The van der Waals surface area contributed by atoms with E-state index >= 15 is 0 Å². The van der Waals surface area contributed by atoms with Crippen LogP contribution in [0.1, 0.15) is 37.0 Å². The van der Waals surface area contributed by atoms with Gasteiger partial charge < -0.3 is 0 Å². The van der Waals surface area contributed by atoms with E-state index in [1.807, 2.05) is 26.8 Å². The fraction of sp³-hybridized carbons (Fsp3) is 0.438. The number of hydrogen-bond donors (Lipinski definition) is 0. The first-order valence-electron chi connectivity index (χ1n) is 7.60. The summed E-state index contributed by atoms with van der Waals surface area (Å²) in [4.78, 5) is 13.2. The third-order valence-corrected chi connectivity index (χ3v) is 6.26. The van der Waals surface area contributed by atoms with Crippen molar-refractivity contribution in [3.05, 3.63) is 47.8 Å². The average Bonchev–Trinajstić information content (AvgIpc) is 2.91. The van der Waals surface area contributed by atoms with Gasteiger partial charge in [-0.3, -0.25) is 4.98 Å². The predicted octanol–water partition coefficient (Wildman–Crippen LogP) is 2.19. The lowest BCUT2D eigenvalue weighted by molar-refractivity contribution is 0.254. The van der Waals surface area contributed by atoms with Crippen LogP contribution in [0.5, 0.6) is 0 Å². The standard InChI is InChI=1S/C16H20N4O2S/c1-12-10-13(2)19-15(18-12)16(3)7-5-9-20(16)23(21,22)14-6-4-8-17-11-14/h4,6,8,10-11H,5,7,9H2,1-3H3/t16-/m1/s1. The summed E-state index contributed by atoms with van der Waals surface area (Å²) in [7, 11) is -3.63. The maximum absolute atomic E-state index is 13.0. The largest absolute Gasteiger partial charge is 0.263 e. The first kappa shape index (κ1) is 16.0. The smallest absolute Gasteiger partial charge is 0.245 e. The highest BCUT2D eigenvalue weighted by Gasteiger charge is 2.47. The summed E-state index contributed by atoms with van der Waals surface area (Å²) in [6, 6.07) is 5.10. The highest BCUT2D eigenvalue weighted by Crippen LogP contribution is 2.40. The Labute approximate surface area is 136 Å². The van der Waals surface area contributed by atoms with Crippen molar-refractivity contribution < 1.29 is 8.42 Å². The monoisotopic (exact) mass is 332 g/mol. The summed E-state index contributed by atoms with van der Waals surface area (Å²) in [6.45, 7) is 6.17. The van der Waals surface area contributed by atoms with Gasteiger partial charge in [0.2, 0.25) is 10.0 Å². The summed E-state index contributed by atoms with van der Waals surface area (Å²) in [5.74, 6) is 0.569. The molecule has 2 aromatic heterocycles. The molecule has 0 aromatic carbocycles. The zero-order valence-electron chi connectivity index (χ0n) is 13.5. The quantitative estimate of drug-likeness (QED) is 0.861. The van der Waals surface area contributed by atoms with Crippen LogP contribution in [0.2, 0.25) is 0 Å². The van der Waals surface area contributed by atoms with E-state index in [1.54, 1.807) is 18.3 Å². The Hall–Kier alpha value is -1.86. The van der Waals surface area contributed by atoms with E-state index in [1.165, 1.54) is 10.5 Å². The first-order valence-corrected chi connectivity index (χ1v) is 9.04. The van der Waals surface area contributed by atoms with Crippen LogP contribution >= 0.6 is 0 Å². The molecule has 3 heterocycles. The average molecular weight is 332 g/mol. The van der Waals surface area contributed by atoms with Crippen LogP contribution < -0.4 is 0 Å². The number of pyridine rings is 1. The van der Waals surface area contributed by atoms with Gasteiger partial charge in [0.1, 0.15) is 10.7 Å². The zero-order valence-corrected chi connectivity index (χ0v) is 14.3. The third kappa shape index (κ3) is 2.74. The minimum absolute atomic E-state index is 0.206. The van der Waals surface area contributed by atoms with Crippen molar-refractivity contribution in [1.29, 1.82) is 0 Å². The Morgan fingerprint density at radius 3 is 2.52 bits per heavy atom. The van der Waals surface area contributed by atoms with E-state index in [-0.39, 0.29) is 4.90 Å². The van der Waals surface area contributed by atoms with Gasteiger partial charge in [-0.15, -0.1) is 0 Å². The molecule has 1 aliphatic heterocycles. The molecule has 1 saturated heterocycles. The Morgan fingerprint density at radius 2 is 1.91 bits per heavy atom. The van der Waals surface area contributed by atoms with Crippen molar-refractivity contribution in [3.63, 3.8) is 0 Å². The fourth-order valence-corrected chi connectivity index (χ4v) is 4.91. The maximum Gasteiger partial charge on any atom is 0.245 e. The van der Waals surface area contributed by atoms with E-state index in [0.29, 0.717) is 18.8 Å². The van der Waals surface area contributed by atoms with E-state index in [4.69, 9.17) is 0 Å². The summed E-state index contributed by atoms with van der Waals surface area (Å²) >= 11 is 0. The van der Waals surface area contributed by atoms with Crippen molar-refractivity contribution in [1.82, 2.24) is 19.3 Å². The zero-order chi connectivity index (χ0) is 16.7. The van der Waals surface area contributed by atoms with Gasteiger partial charge in [-0.1, -0.05) is 0 Å². The van der Waals surface area contributed by atoms with Crippen LogP contribution in [0.25, 0.3) is 0 Å². The lowest BCUT2D eigenvalue weighted by Crippen LogP contribution is -2.44. The number of rotatable bonds is 3. The molecule has 1 aliphatic rings. The molecule has 1 fully saturated rings. The Kier molecular flexibility index (Phi) is 3.93. The van der Waals surface area contributed by atoms with Gasteiger partial charge in [0.05, 0.1) is 5.54 Å². The number of aryl methyl sites for hydroxylation is 2. The van der Waals surface area contributed by atoms with E-state index < -0.39 is 15.6 Å². The Morgan fingerprint density at radius 1 is 1.22 bits per heavy atom. The Balaban J connectivity index is 2.09. The molecule has 0 bridgehead atoms. The van der Waals surface area contributed by atoms with Crippen LogP contribution in [0.4, 0.5) is 0 Å². The third-order valence-electron chi connectivity index (χ3n) is 4.26. The molecule has 1 atom stereocenters. The number of aromatic nitrogens is 3. The minimum Gasteiger partial charge on any atom is -0.263 e. The lowest BCUT2D eigenvalue weighted by Gasteiger charge is -2.33. The molecule has 2 aromatic rings. The van der Waals surface area contributed by atoms with E-state index in [0.717, 1.165) is 17.8 Å². The molecular weight excluding hydrogens is 312 g/mol. The molecule has 6 nitrogen and oxygen atoms in total. The van der Waals surface area contributed by atoms with Gasteiger partial charge >= 0.3 is 0 Å². The van der Waals surface area contributed by atoms with Crippen molar-refractivity contribution in [2.75, 3.05) is 6.54 Å². The first-order chi connectivity index (χ1) is 10.8. The summed E-state index contributed by atoms with van der Waals surface area (Å²) in [5, 5.41) is 0. The SMILES string of the molecule is Cc1cc(C)nc([C@@]2(C)CCCN2S(=O)(=O)c2cccnc2)n1. The van der Waals surface area contributed by atoms with Crippen molar-refractivity contribution in [2.45, 2.75) is 44.0 Å². The predicted molar refractivity (Wildman–Crippen MR) is 86.2 cm³/mol. The van der Waals surface area contributed by atoms with Crippen LogP contribution in [0.15, 0.2) is 35.5 Å². The van der Waals surface area contributed by atoms with E-state index in [9.17, 15) is 8.42 Å². The fourth-order valence-electron chi connectivity index (χ4n) is 3.14. The molecule has 122 valence electrons. The van der Waals surface area contributed by atoms with Crippen LogP contribution in [-0.4, -0.2) is 34.2 Å². The summed E-state index contributed by atoms with van der Waals surface area (Å²) in [6.07, 6.45) is 4.44. The number of sulfonamides is 1. The molecule has 0 unspecified atom stereocenters. The minimum atomic E-state index is -3.63. The summed E-state index contributed by atoms with van der Waals surface area (Å²) < 4.78 is 27.6. The molecule has 7 heteroatoms. The van der Waals surface area contributed by atoms with Crippen molar-refractivity contribution in [3.8, 4) is 0 Å². The second-order valence-electron chi connectivity index (χ2n) is 6.12. The van der Waals surface area contributed by atoms with Gasteiger partial charge in [-0.25, -0.2) is 18.4 Å². The lowest BCUT2D eigenvalue weighted by atomic mass is 9.99. The molecule has 0 amide bonds.